The van der Waals surface area contributed by atoms with E-state index >= 15 is 0 Å². The molecule has 0 spiro atoms. The van der Waals surface area contributed by atoms with Gasteiger partial charge in [0.2, 0.25) is 0 Å². The van der Waals surface area contributed by atoms with Crippen molar-refractivity contribution in [1.29, 1.82) is 0 Å². The average Bonchev–Trinajstić information content (AvgIpc) is 1.79. The SMILES string of the molecule is C[C@@H](CC(C)(C)C)C(=O)C(C)(C)C. The maximum absolute atomic E-state index is 11.8. The third-order valence-corrected chi connectivity index (χ3v) is 2.11. The highest BCUT2D eigenvalue weighted by atomic mass is 16.1. The Morgan fingerprint density at radius 2 is 1.46 bits per heavy atom. The van der Waals surface area contributed by atoms with Gasteiger partial charge in [0.25, 0.3) is 0 Å². The molecular formula is C12H24O. The van der Waals surface area contributed by atoms with Crippen molar-refractivity contribution in [3.63, 3.8) is 0 Å². The van der Waals surface area contributed by atoms with E-state index in [0.29, 0.717) is 5.78 Å². The predicted molar refractivity (Wildman–Crippen MR) is 57.7 cm³/mol. The highest BCUT2D eigenvalue weighted by Gasteiger charge is 2.29. The molecular weight excluding hydrogens is 160 g/mol. The minimum absolute atomic E-state index is 0.181. The van der Waals surface area contributed by atoms with Gasteiger partial charge >= 0.3 is 0 Å². The Hall–Kier alpha value is -0.330. The van der Waals surface area contributed by atoms with E-state index in [1.165, 1.54) is 0 Å². The van der Waals surface area contributed by atoms with Crippen LogP contribution in [0.2, 0.25) is 0 Å². The van der Waals surface area contributed by atoms with Crippen molar-refractivity contribution in [1.82, 2.24) is 0 Å². The van der Waals surface area contributed by atoms with E-state index in [-0.39, 0.29) is 16.7 Å². The molecule has 0 aliphatic carbocycles. The monoisotopic (exact) mass is 184 g/mol. The Morgan fingerprint density at radius 1 is 1.08 bits per heavy atom. The quantitative estimate of drug-likeness (QED) is 0.640. The molecule has 0 aromatic heterocycles. The van der Waals surface area contributed by atoms with Crippen molar-refractivity contribution < 1.29 is 4.79 Å². The lowest BCUT2D eigenvalue weighted by molar-refractivity contribution is -0.130. The van der Waals surface area contributed by atoms with Crippen molar-refractivity contribution in [2.24, 2.45) is 16.7 Å². The molecule has 0 amide bonds. The fourth-order valence-corrected chi connectivity index (χ4v) is 1.75. The molecule has 13 heavy (non-hydrogen) atoms. The molecule has 0 saturated heterocycles. The van der Waals surface area contributed by atoms with Crippen molar-refractivity contribution in [2.75, 3.05) is 0 Å². The number of Topliss-reactive ketones (excluding diaryl/α,β-unsaturated/α-hetero) is 1. The lowest BCUT2D eigenvalue weighted by Crippen LogP contribution is -2.29. The molecule has 0 aromatic rings. The van der Waals surface area contributed by atoms with Gasteiger partial charge < -0.3 is 0 Å². The van der Waals surface area contributed by atoms with Crippen LogP contribution in [0.25, 0.3) is 0 Å². The van der Waals surface area contributed by atoms with Crippen LogP contribution in [0.5, 0.6) is 0 Å². The van der Waals surface area contributed by atoms with E-state index in [4.69, 9.17) is 0 Å². The number of carbonyl (C=O) groups excluding carboxylic acids is 1. The van der Waals surface area contributed by atoms with Crippen LogP contribution >= 0.6 is 0 Å². The zero-order chi connectivity index (χ0) is 10.9. The molecule has 0 bridgehead atoms. The maximum Gasteiger partial charge on any atom is 0.141 e. The summed E-state index contributed by atoms with van der Waals surface area (Å²) in [6.45, 7) is 14.6. The van der Waals surface area contributed by atoms with Crippen LogP contribution in [0, 0.1) is 16.7 Å². The molecule has 0 saturated carbocycles. The van der Waals surface area contributed by atoms with Crippen LogP contribution in [0.1, 0.15) is 54.9 Å². The minimum atomic E-state index is -0.190. The molecule has 0 aliphatic rings. The van der Waals surface area contributed by atoms with Crippen molar-refractivity contribution >= 4 is 5.78 Å². The Kier molecular flexibility index (Phi) is 3.71. The standard InChI is InChI=1S/C12H24O/c1-9(8-11(2,3)4)10(13)12(5,6)7/h9H,8H2,1-7H3/t9-/m0/s1. The van der Waals surface area contributed by atoms with Crippen LogP contribution in [-0.4, -0.2) is 5.78 Å². The minimum Gasteiger partial charge on any atom is -0.299 e. The van der Waals surface area contributed by atoms with Crippen LogP contribution < -0.4 is 0 Å². The largest absolute Gasteiger partial charge is 0.299 e. The van der Waals surface area contributed by atoms with Gasteiger partial charge in [-0.2, -0.15) is 0 Å². The van der Waals surface area contributed by atoms with Crippen LogP contribution in [0.3, 0.4) is 0 Å². The van der Waals surface area contributed by atoms with E-state index < -0.39 is 0 Å². The molecule has 0 fully saturated rings. The number of ketones is 1. The summed E-state index contributed by atoms with van der Waals surface area (Å²) in [7, 11) is 0. The second kappa shape index (κ2) is 3.81. The van der Waals surface area contributed by atoms with Crippen LogP contribution in [-0.2, 0) is 4.79 Å². The lowest BCUT2D eigenvalue weighted by Gasteiger charge is -2.27. The van der Waals surface area contributed by atoms with Gasteiger partial charge in [0, 0.05) is 11.3 Å². The molecule has 0 aromatic carbocycles. The summed E-state index contributed by atoms with van der Waals surface area (Å²) in [6.07, 6.45) is 0.975. The van der Waals surface area contributed by atoms with Gasteiger partial charge in [-0.1, -0.05) is 48.5 Å². The lowest BCUT2D eigenvalue weighted by atomic mass is 9.77. The first-order chi connectivity index (χ1) is 5.54. The van der Waals surface area contributed by atoms with E-state index in [2.05, 4.69) is 20.8 Å². The second-order valence-electron chi connectivity index (χ2n) is 6.28. The summed E-state index contributed by atoms with van der Waals surface area (Å²) in [5, 5.41) is 0. The van der Waals surface area contributed by atoms with Crippen LogP contribution in [0.15, 0.2) is 0 Å². The van der Waals surface area contributed by atoms with Gasteiger partial charge in [0.15, 0.2) is 0 Å². The normalized spacial score (nSPS) is 15.6. The molecule has 0 unspecified atom stereocenters. The fraction of sp³-hybridized carbons (Fsp3) is 0.917. The average molecular weight is 184 g/mol. The third kappa shape index (κ3) is 5.07. The molecule has 1 nitrogen and oxygen atoms in total. The fourth-order valence-electron chi connectivity index (χ4n) is 1.75. The number of carbonyl (C=O) groups is 1. The number of rotatable bonds is 2. The molecule has 0 N–H and O–H groups in total. The summed E-state index contributed by atoms with van der Waals surface area (Å²) in [6, 6.07) is 0. The second-order valence-corrected chi connectivity index (χ2v) is 6.28. The first-order valence-electron chi connectivity index (χ1n) is 5.08. The van der Waals surface area contributed by atoms with E-state index in [0.717, 1.165) is 6.42 Å². The van der Waals surface area contributed by atoms with Gasteiger partial charge in [-0.15, -0.1) is 0 Å². The maximum atomic E-state index is 11.8. The smallest absolute Gasteiger partial charge is 0.141 e. The molecule has 1 heteroatoms. The predicted octanol–water partition coefficient (Wildman–Crippen LogP) is 3.67. The Bertz CT molecular complexity index is 178. The molecule has 0 heterocycles. The topological polar surface area (TPSA) is 17.1 Å². The first kappa shape index (κ1) is 12.7. The van der Waals surface area contributed by atoms with E-state index in [1.807, 2.05) is 27.7 Å². The summed E-state index contributed by atoms with van der Waals surface area (Å²) in [4.78, 5) is 11.8. The highest BCUT2D eigenvalue weighted by molar-refractivity contribution is 5.85. The Balaban J connectivity index is 4.30. The van der Waals surface area contributed by atoms with Crippen molar-refractivity contribution in [2.45, 2.75) is 54.9 Å². The highest BCUT2D eigenvalue weighted by Crippen LogP contribution is 2.29. The summed E-state index contributed by atoms with van der Waals surface area (Å²) in [5.41, 5.74) is 0.0605. The zero-order valence-electron chi connectivity index (χ0n) is 10.2. The molecule has 0 aliphatic heterocycles. The van der Waals surface area contributed by atoms with Crippen LogP contribution in [0.4, 0.5) is 0 Å². The number of hydrogen-bond donors (Lipinski definition) is 0. The number of hydrogen-bond acceptors (Lipinski definition) is 1. The first-order valence-corrected chi connectivity index (χ1v) is 5.08. The molecule has 78 valence electrons. The van der Waals surface area contributed by atoms with Gasteiger partial charge in [-0.05, 0) is 11.8 Å². The van der Waals surface area contributed by atoms with Gasteiger partial charge in [0.05, 0.1) is 0 Å². The van der Waals surface area contributed by atoms with Gasteiger partial charge in [-0.3, -0.25) is 4.79 Å². The summed E-state index contributed by atoms with van der Waals surface area (Å²) < 4.78 is 0. The van der Waals surface area contributed by atoms with Crippen molar-refractivity contribution in [3.8, 4) is 0 Å². The third-order valence-electron chi connectivity index (χ3n) is 2.11. The molecule has 1 atom stereocenters. The summed E-state index contributed by atoms with van der Waals surface area (Å²) in [5.74, 6) is 0.558. The zero-order valence-corrected chi connectivity index (χ0v) is 10.2. The molecule has 0 radical (unpaired) electrons. The summed E-state index contributed by atoms with van der Waals surface area (Å²) >= 11 is 0. The van der Waals surface area contributed by atoms with Gasteiger partial charge in [0.1, 0.15) is 5.78 Å². The van der Waals surface area contributed by atoms with Crippen molar-refractivity contribution in [3.05, 3.63) is 0 Å². The molecule has 0 rings (SSSR count). The Morgan fingerprint density at radius 3 is 1.69 bits per heavy atom. The Labute approximate surface area is 82.9 Å². The van der Waals surface area contributed by atoms with Gasteiger partial charge in [-0.25, -0.2) is 0 Å². The van der Waals surface area contributed by atoms with E-state index in [1.54, 1.807) is 0 Å². The van der Waals surface area contributed by atoms with E-state index in [9.17, 15) is 4.79 Å².